The van der Waals surface area contributed by atoms with Gasteiger partial charge in [0.25, 0.3) is 5.91 Å². The zero-order valence-electron chi connectivity index (χ0n) is 15.1. The lowest BCUT2D eigenvalue weighted by Crippen LogP contribution is -2.53. The van der Waals surface area contributed by atoms with Crippen molar-refractivity contribution in [1.82, 2.24) is 14.7 Å². The molecule has 0 saturated carbocycles. The minimum atomic E-state index is -0.254. The molecular weight excluding hydrogens is 322 g/mol. The smallest absolute Gasteiger partial charge is 0.251 e. The fourth-order valence-electron chi connectivity index (χ4n) is 3.31. The molecule has 1 aromatic rings. The Morgan fingerprint density at radius 3 is 2.60 bits per heavy atom. The zero-order chi connectivity index (χ0) is 17.8. The molecular formula is C18H27N3O4. The number of aryl methyl sites for hydroxylation is 1. The second-order valence-electron chi connectivity index (χ2n) is 6.87. The molecule has 2 aliphatic heterocycles. The molecule has 0 aromatic carbocycles. The molecule has 2 aliphatic rings. The van der Waals surface area contributed by atoms with Crippen molar-refractivity contribution in [3.63, 3.8) is 0 Å². The molecule has 1 unspecified atom stereocenters. The number of amides is 2. The lowest BCUT2D eigenvalue weighted by atomic mass is 10.2. The van der Waals surface area contributed by atoms with Gasteiger partial charge in [-0.25, -0.2) is 0 Å². The molecule has 7 nitrogen and oxygen atoms in total. The van der Waals surface area contributed by atoms with Gasteiger partial charge in [0.15, 0.2) is 0 Å². The summed E-state index contributed by atoms with van der Waals surface area (Å²) in [4.78, 5) is 30.4. The van der Waals surface area contributed by atoms with Gasteiger partial charge in [0.1, 0.15) is 17.6 Å². The Labute approximate surface area is 148 Å². The summed E-state index contributed by atoms with van der Waals surface area (Å²) in [5.74, 6) is 1.81. The van der Waals surface area contributed by atoms with Crippen molar-refractivity contribution in [2.45, 2.75) is 32.4 Å². The molecule has 0 bridgehead atoms. The van der Waals surface area contributed by atoms with Crippen LogP contribution in [0.15, 0.2) is 16.5 Å². The van der Waals surface area contributed by atoms with E-state index in [0.717, 1.165) is 37.5 Å². The first-order chi connectivity index (χ1) is 12.0. The van der Waals surface area contributed by atoms with Gasteiger partial charge in [0, 0.05) is 39.8 Å². The minimum Gasteiger partial charge on any atom is -0.464 e. The lowest BCUT2D eigenvalue weighted by Gasteiger charge is -2.35. The van der Waals surface area contributed by atoms with E-state index in [2.05, 4.69) is 4.90 Å². The summed E-state index contributed by atoms with van der Waals surface area (Å²) in [7, 11) is 1.79. The molecule has 0 spiro atoms. The molecule has 3 rings (SSSR count). The first-order valence-corrected chi connectivity index (χ1v) is 8.95. The van der Waals surface area contributed by atoms with Gasteiger partial charge in [-0.3, -0.25) is 14.5 Å². The maximum atomic E-state index is 12.4. The Bertz CT molecular complexity index is 601. The van der Waals surface area contributed by atoms with Gasteiger partial charge in [-0.05, 0) is 31.9 Å². The molecule has 1 atom stereocenters. The van der Waals surface area contributed by atoms with Crippen LogP contribution in [0.5, 0.6) is 0 Å². The van der Waals surface area contributed by atoms with E-state index < -0.39 is 0 Å². The van der Waals surface area contributed by atoms with E-state index in [4.69, 9.17) is 9.15 Å². The number of hydrogen-bond acceptors (Lipinski definition) is 5. The monoisotopic (exact) mass is 349 g/mol. The van der Waals surface area contributed by atoms with Crippen molar-refractivity contribution in [1.29, 1.82) is 0 Å². The third-order valence-electron chi connectivity index (χ3n) is 4.86. The van der Waals surface area contributed by atoms with Gasteiger partial charge < -0.3 is 19.0 Å². The van der Waals surface area contributed by atoms with Crippen molar-refractivity contribution in [3.05, 3.63) is 23.7 Å². The Balaban J connectivity index is 1.42. The van der Waals surface area contributed by atoms with E-state index in [1.54, 1.807) is 11.9 Å². The quantitative estimate of drug-likeness (QED) is 0.789. The average Bonchev–Trinajstić information content (AvgIpc) is 3.27. The maximum Gasteiger partial charge on any atom is 0.251 e. The number of furan rings is 1. The highest BCUT2D eigenvalue weighted by Gasteiger charge is 2.30. The Morgan fingerprint density at radius 2 is 2.00 bits per heavy atom. The molecule has 2 fully saturated rings. The van der Waals surface area contributed by atoms with Crippen molar-refractivity contribution < 1.29 is 18.7 Å². The Hall–Kier alpha value is -1.86. The van der Waals surface area contributed by atoms with Crippen molar-refractivity contribution in [2.75, 3.05) is 46.4 Å². The number of ether oxygens (including phenoxy) is 1. The first kappa shape index (κ1) is 17.9. The number of hydrogen-bond donors (Lipinski definition) is 0. The molecule has 138 valence electrons. The Kier molecular flexibility index (Phi) is 5.75. The summed E-state index contributed by atoms with van der Waals surface area (Å²) in [6, 6.07) is 3.80. The number of piperazine rings is 1. The SMILES string of the molecule is Cc1ccc(CN(C)C(=O)CN2CCN(C(=O)C3CCCO3)CC2)o1. The van der Waals surface area contributed by atoms with E-state index in [0.29, 0.717) is 32.8 Å². The molecule has 3 heterocycles. The van der Waals surface area contributed by atoms with E-state index in [-0.39, 0.29) is 17.9 Å². The van der Waals surface area contributed by atoms with Crippen LogP contribution in [0.25, 0.3) is 0 Å². The van der Waals surface area contributed by atoms with Crippen LogP contribution in [0.4, 0.5) is 0 Å². The predicted octanol–water partition coefficient (Wildman–Crippen LogP) is 0.870. The highest BCUT2D eigenvalue weighted by Crippen LogP contribution is 2.16. The van der Waals surface area contributed by atoms with Crippen LogP contribution in [0.1, 0.15) is 24.4 Å². The van der Waals surface area contributed by atoms with E-state index in [1.807, 2.05) is 24.0 Å². The second-order valence-corrected chi connectivity index (χ2v) is 6.87. The number of likely N-dealkylation sites (N-methyl/N-ethyl adjacent to an activating group) is 1. The highest BCUT2D eigenvalue weighted by molar-refractivity contribution is 5.81. The van der Waals surface area contributed by atoms with Crippen LogP contribution >= 0.6 is 0 Å². The molecule has 0 N–H and O–H groups in total. The van der Waals surface area contributed by atoms with Crippen molar-refractivity contribution in [2.24, 2.45) is 0 Å². The van der Waals surface area contributed by atoms with Gasteiger partial charge >= 0.3 is 0 Å². The molecule has 7 heteroatoms. The van der Waals surface area contributed by atoms with Crippen LogP contribution in [0, 0.1) is 6.92 Å². The van der Waals surface area contributed by atoms with Gasteiger partial charge in [0.05, 0.1) is 13.1 Å². The topological polar surface area (TPSA) is 66.2 Å². The number of carbonyl (C=O) groups excluding carboxylic acids is 2. The standard InChI is InChI=1S/C18H27N3O4/c1-14-5-6-15(25-14)12-19(2)17(22)13-20-7-9-21(10-8-20)18(23)16-4-3-11-24-16/h5-6,16H,3-4,7-13H2,1-2H3. The third kappa shape index (κ3) is 4.61. The van der Waals surface area contributed by atoms with Gasteiger partial charge in [-0.2, -0.15) is 0 Å². The molecule has 1 aromatic heterocycles. The normalized spacial score (nSPS) is 21.5. The van der Waals surface area contributed by atoms with Crippen LogP contribution in [0.3, 0.4) is 0 Å². The maximum absolute atomic E-state index is 12.4. The molecule has 0 aliphatic carbocycles. The summed E-state index contributed by atoms with van der Waals surface area (Å²) in [6.45, 7) is 6.19. The molecule has 0 radical (unpaired) electrons. The Morgan fingerprint density at radius 1 is 1.24 bits per heavy atom. The van der Waals surface area contributed by atoms with E-state index in [1.165, 1.54) is 0 Å². The summed E-state index contributed by atoms with van der Waals surface area (Å²) >= 11 is 0. The third-order valence-corrected chi connectivity index (χ3v) is 4.86. The highest BCUT2D eigenvalue weighted by atomic mass is 16.5. The van der Waals surface area contributed by atoms with Gasteiger partial charge in [0.2, 0.25) is 5.91 Å². The average molecular weight is 349 g/mol. The molecule has 25 heavy (non-hydrogen) atoms. The van der Waals surface area contributed by atoms with E-state index >= 15 is 0 Å². The number of nitrogens with zero attached hydrogens (tertiary/aromatic N) is 3. The lowest BCUT2D eigenvalue weighted by molar-refractivity contribution is -0.143. The van der Waals surface area contributed by atoms with Gasteiger partial charge in [-0.15, -0.1) is 0 Å². The van der Waals surface area contributed by atoms with Crippen LogP contribution < -0.4 is 0 Å². The predicted molar refractivity (Wildman–Crippen MR) is 91.9 cm³/mol. The summed E-state index contributed by atoms with van der Waals surface area (Å²) in [5, 5.41) is 0. The molecule has 2 amide bonds. The van der Waals surface area contributed by atoms with Crippen LogP contribution in [-0.2, 0) is 20.9 Å². The van der Waals surface area contributed by atoms with Crippen molar-refractivity contribution in [3.8, 4) is 0 Å². The zero-order valence-corrected chi connectivity index (χ0v) is 15.1. The van der Waals surface area contributed by atoms with Gasteiger partial charge in [-0.1, -0.05) is 0 Å². The molecule has 2 saturated heterocycles. The second kappa shape index (κ2) is 8.01. The largest absolute Gasteiger partial charge is 0.464 e. The van der Waals surface area contributed by atoms with Crippen LogP contribution in [-0.4, -0.2) is 79.0 Å². The van der Waals surface area contributed by atoms with E-state index in [9.17, 15) is 9.59 Å². The fourth-order valence-corrected chi connectivity index (χ4v) is 3.31. The number of carbonyl (C=O) groups is 2. The van der Waals surface area contributed by atoms with Crippen molar-refractivity contribution >= 4 is 11.8 Å². The first-order valence-electron chi connectivity index (χ1n) is 8.95. The summed E-state index contributed by atoms with van der Waals surface area (Å²) < 4.78 is 11.0. The summed E-state index contributed by atoms with van der Waals surface area (Å²) in [6.07, 6.45) is 1.54. The summed E-state index contributed by atoms with van der Waals surface area (Å²) in [5.41, 5.74) is 0. The number of rotatable bonds is 5. The fraction of sp³-hybridized carbons (Fsp3) is 0.667. The minimum absolute atomic E-state index is 0.0629. The van der Waals surface area contributed by atoms with Crippen LogP contribution in [0.2, 0.25) is 0 Å².